The number of fused-ring (bicyclic) bond motifs is 2. The molecular weight excluding hydrogens is 340 g/mol. The zero-order valence-corrected chi connectivity index (χ0v) is 16.2. The lowest BCUT2D eigenvalue weighted by Crippen LogP contribution is -2.45. The summed E-state index contributed by atoms with van der Waals surface area (Å²) in [5.41, 5.74) is 0.828. The van der Waals surface area contributed by atoms with Crippen molar-refractivity contribution >= 4 is 11.8 Å². The van der Waals surface area contributed by atoms with Crippen LogP contribution >= 0.6 is 0 Å². The summed E-state index contributed by atoms with van der Waals surface area (Å²) in [7, 11) is 1.66. The van der Waals surface area contributed by atoms with E-state index in [4.69, 9.17) is 4.74 Å². The van der Waals surface area contributed by atoms with Gasteiger partial charge in [-0.3, -0.25) is 9.59 Å². The molecule has 27 heavy (non-hydrogen) atoms. The number of carbonyl (C=O) groups is 2. The van der Waals surface area contributed by atoms with E-state index in [1.807, 2.05) is 18.2 Å². The summed E-state index contributed by atoms with van der Waals surface area (Å²) in [5.74, 6) is 1.91. The predicted octanol–water partition coefficient (Wildman–Crippen LogP) is 3.07. The molecule has 0 radical (unpaired) electrons. The van der Waals surface area contributed by atoms with Crippen LogP contribution in [0.5, 0.6) is 5.75 Å². The molecule has 2 bridgehead atoms. The minimum atomic E-state index is -0.312. The van der Waals surface area contributed by atoms with Crippen LogP contribution in [0.25, 0.3) is 0 Å². The molecule has 0 unspecified atom stereocenters. The Morgan fingerprint density at radius 2 is 2.26 bits per heavy atom. The van der Waals surface area contributed by atoms with Gasteiger partial charge in [-0.15, -0.1) is 0 Å². The predicted molar refractivity (Wildman–Crippen MR) is 103 cm³/mol. The first-order chi connectivity index (χ1) is 13.1. The third kappa shape index (κ3) is 3.97. The van der Waals surface area contributed by atoms with Gasteiger partial charge in [0.2, 0.25) is 11.8 Å². The SMILES string of the molecule is COc1cccc(C[C@@]2(CCC(=O)N3C[C@H]4CCC[C@H]3C4)CCC(=O)N2)c1. The van der Waals surface area contributed by atoms with Crippen molar-refractivity contribution in [3.8, 4) is 5.75 Å². The summed E-state index contributed by atoms with van der Waals surface area (Å²) >= 11 is 0. The van der Waals surface area contributed by atoms with E-state index < -0.39 is 0 Å². The van der Waals surface area contributed by atoms with Crippen LogP contribution < -0.4 is 10.1 Å². The first-order valence-electron chi connectivity index (χ1n) is 10.3. The number of hydrogen-bond donors (Lipinski definition) is 1. The number of nitrogens with zero attached hydrogens (tertiary/aromatic N) is 1. The van der Waals surface area contributed by atoms with Crippen molar-refractivity contribution in [1.29, 1.82) is 0 Å². The molecular formula is C22H30N2O3. The number of carbonyl (C=O) groups excluding carboxylic acids is 2. The third-order valence-corrected chi connectivity index (χ3v) is 6.70. The summed E-state index contributed by atoms with van der Waals surface area (Å²) < 4.78 is 5.33. The second-order valence-corrected chi connectivity index (χ2v) is 8.59. The van der Waals surface area contributed by atoms with Crippen molar-refractivity contribution in [3.05, 3.63) is 29.8 Å². The van der Waals surface area contributed by atoms with Crippen LogP contribution in [0.15, 0.2) is 24.3 Å². The standard InChI is InChI=1S/C22H30N2O3/c1-27-19-7-3-4-16(13-19)14-22(10-8-20(25)23-22)11-9-21(26)24-15-17-5-2-6-18(24)12-17/h3-4,7,13,17-18H,2,5-6,8-12,14-15H2,1H3,(H,23,25)/t17-,18-,22-/m0/s1. The van der Waals surface area contributed by atoms with Gasteiger partial charge in [0.05, 0.1) is 7.11 Å². The molecule has 1 saturated carbocycles. The lowest BCUT2D eigenvalue weighted by molar-refractivity contribution is -0.132. The van der Waals surface area contributed by atoms with Crippen LogP contribution in [0.4, 0.5) is 0 Å². The molecule has 3 aliphatic rings. The van der Waals surface area contributed by atoms with E-state index in [1.165, 1.54) is 19.3 Å². The number of rotatable bonds is 6. The molecule has 0 spiro atoms. The summed E-state index contributed by atoms with van der Waals surface area (Å²) in [6.45, 7) is 0.943. The molecule has 3 atom stereocenters. The molecule has 5 nitrogen and oxygen atoms in total. The highest BCUT2D eigenvalue weighted by Gasteiger charge is 2.41. The highest BCUT2D eigenvalue weighted by atomic mass is 16.5. The number of hydrogen-bond acceptors (Lipinski definition) is 3. The molecule has 2 aliphatic heterocycles. The van der Waals surface area contributed by atoms with Crippen molar-refractivity contribution in [3.63, 3.8) is 0 Å². The largest absolute Gasteiger partial charge is 0.497 e. The number of nitrogens with one attached hydrogen (secondary N) is 1. The molecule has 1 aromatic rings. The van der Waals surface area contributed by atoms with Crippen molar-refractivity contribution in [2.75, 3.05) is 13.7 Å². The average Bonchev–Trinajstić information content (AvgIpc) is 3.19. The summed E-state index contributed by atoms with van der Waals surface area (Å²) in [4.78, 5) is 27.0. The van der Waals surface area contributed by atoms with Crippen LogP contribution in [-0.4, -0.2) is 41.9 Å². The Balaban J connectivity index is 1.43. The molecule has 146 valence electrons. The second kappa shape index (κ2) is 7.53. The molecule has 1 aliphatic carbocycles. The Bertz CT molecular complexity index is 719. The average molecular weight is 370 g/mol. The maximum absolute atomic E-state index is 12.9. The first kappa shape index (κ1) is 18.3. The molecule has 3 fully saturated rings. The number of amides is 2. The van der Waals surface area contributed by atoms with Gasteiger partial charge in [-0.25, -0.2) is 0 Å². The number of likely N-dealkylation sites (tertiary alicyclic amines) is 1. The Hall–Kier alpha value is -2.04. The lowest BCUT2D eigenvalue weighted by Gasteiger charge is -2.31. The van der Waals surface area contributed by atoms with E-state index in [1.54, 1.807) is 7.11 Å². The zero-order chi connectivity index (χ0) is 18.9. The van der Waals surface area contributed by atoms with Gasteiger partial charge in [-0.05, 0) is 62.1 Å². The Labute approximate surface area is 161 Å². The lowest BCUT2D eigenvalue weighted by atomic mass is 9.84. The Morgan fingerprint density at radius 1 is 1.37 bits per heavy atom. The van der Waals surface area contributed by atoms with Crippen LogP contribution in [-0.2, 0) is 16.0 Å². The fraction of sp³-hybridized carbons (Fsp3) is 0.636. The van der Waals surface area contributed by atoms with Crippen molar-refractivity contribution in [1.82, 2.24) is 10.2 Å². The first-order valence-corrected chi connectivity index (χ1v) is 10.3. The van der Waals surface area contributed by atoms with Crippen LogP contribution in [0.3, 0.4) is 0 Å². The topological polar surface area (TPSA) is 58.6 Å². The van der Waals surface area contributed by atoms with E-state index in [-0.39, 0.29) is 17.4 Å². The van der Waals surface area contributed by atoms with Gasteiger partial charge >= 0.3 is 0 Å². The van der Waals surface area contributed by atoms with E-state index in [0.717, 1.165) is 37.1 Å². The zero-order valence-electron chi connectivity index (χ0n) is 16.2. The molecule has 1 aromatic carbocycles. The van der Waals surface area contributed by atoms with Crippen molar-refractivity contribution in [2.24, 2.45) is 5.92 Å². The Morgan fingerprint density at radius 3 is 3.00 bits per heavy atom. The number of methoxy groups -OCH3 is 1. The number of benzene rings is 1. The number of ether oxygens (including phenoxy) is 1. The van der Waals surface area contributed by atoms with Gasteiger partial charge in [0.25, 0.3) is 0 Å². The quantitative estimate of drug-likeness (QED) is 0.837. The molecule has 2 amide bonds. The molecule has 2 heterocycles. The van der Waals surface area contributed by atoms with E-state index in [9.17, 15) is 9.59 Å². The molecule has 0 aromatic heterocycles. The minimum absolute atomic E-state index is 0.0994. The second-order valence-electron chi connectivity index (χ2n) is 8.59. The van der Waals surface area contributed by atoms with Gasteiger partial charge in [0, 0.05) is 31.0 Å². The minimum Gasteiger partial charge on any atom is -0.497 e. The molecule has 2 saturated heterocycles. The summed E-state index contributed by atoms with van der Waals surface area (Å²) in [6, 6.07) is 8.47. The fourth-order valence-electron chi connectivity index (χ4n) is 5.29. The van der Waals surface area contributed by atoms with Crippen molar-refractivity contribution in [2.45, 2.75) is 69.4 Å². The van der Waals surface area contributed by atoms with Crippen LogP contribution in [0.1, 0.15) is 56.9 Å². The van der Waals surface area contributed by atoms with E-state index >= 15 is 0 Å². The van der Waals surface area contributed by atoms with Gasteiger partial charge < -0.3 is 15.0 Å². The third-order valence-electron chi connectivity index (χ3n) is 6.70. The normalized spacial score (nSPS) is 29.7. The smallest absolute Gasteiger partial charge is 0.222 e. The summed E-state index contributed by atoms with van der Waals surface area (Å²) in [6.07, 6.45) is 8.21. The van der Waals surface area contributed by atoms with Gasteiger partial charge in [-0.2, -0.15) is 0 Å². The monoisotopic (exact) mass is 370 g/mol. The molecule has 4 rings (SSSR count). The fourth-order valence-corrected chi connectivity index (χ4v) is 5.29. The van der Waals surface area contributed by atoms with Crippen LogP contribution in [0, 0.1) is 5.92 Å². The summed E-state index contributed by atoms with van der Waals surface area (Å²) in [5, 5.41) is 3.20. The highest BCUT2D eigenvalue weighted by Crippen LogP contribution is 2.37. The maximum atomic E-state index is 12.9. The van der Waals surface area contributed by atoms with Crippen LogP contribution in [0.2, 0.25) is 0 Å². The Kier molecular flexibility index (Phi) is 5.11. The van der Waals surface area contributed by atoms with E-state index in [0.29, 0.717) is 31.2 Å². The highest BCUT2D eigenvalue weighted by molar-refractivity contribution is 5.80. The van der Waals surface area contributed by atoms with Gasteiger partial charge in [-0.1, -0.05) is 18.6 Å². The maximum Gasteiger partial charge on any atom is 0.222 e. The molecule has 5 heteroatoms. The van der Waals surface area contributed by atoms with Gasteiger partial charge in [0.15, 0.2) is 0 Å². The van der Waals surface area contributed by atoms with Crippen molar-refractivity contribution < 1.29 is 14.3 Å². The molecule has 1 N–H and O–H groups in total. The van der Waals surface area contributed by atoms with E-state index in [2.05, 4.69) is 16.3 Å². The van der Waals surface area contributed by atoms with Gasteiger partial charge in [0.1, 0.15) is 5.75 Å².